The predicted octanol–water partition coefficient (Wildman–Crippen LogP) is 3.99. The molecule has 6 heteroatoms. The molecule has 0 aliphatic carbocycles. The Hall–Kier alpha value is -2.24. The topological polar surface area (TPSA) is 50.9 Å². The highest BCUT2D eigenvalue weighted by atomic mass is 19.4. The van der Waals surface area contributed by atoms with Crippen LogP contribution in [0.15, 0.2) is 36.4 Å². The number of rotatable bonds is 3. The van der Waals surface area contributed by atoms with Gasteiger partial charge in [0.05, 0.1) is 5.56 Å². The molecule has 3 N–H and O–H groups in total. The Bertz CT molecular complexity index is 609. The maximum Gasteiger partial charge on any atom is 0.416 e. The van der Waals surface area contributed by atoms with Crippen LogP contribution in [0.5, 0.6) is 0 Å². The molecule has 0 unspecified atom stereocenters. The molecule has 0 atom stereocenters. The molecule has 0 radical (unpaired) electrons. The highest BCUT2D eigenvalue weighted by molar-refractivity contribution is 5.62. The zero-order valence-corrected chi connectivity index (χ0v) is 10.8. The van der Waals surface area contributed by atoms with Gasteiger partial charge in [-0.3, -0.25) is 0 Å². The summed E-state index contributed by atoms with van der Waals surface area (Å²) in [5.74, 6) is -0.0884. The van der Waals surface area contributed by atoms with E-state index in [-0.39, 0.29) is 11.6 Å². The molecule has 1 aromatic carbocycles. The third kappa shape index (κ3) is 3.20. The van der Waals surface area contributed by atoms with Crippen molar-refractivity contribution in [3.05, 3.63) is 47.5 Å². The molecule has 2 rings (SSSR count). The Labute approximate surface area is 114 Å². The number of pyridine rings is 1. The number of aromatic nitrogens is 1. The van der Waals surface area contributed by atoms with Crippen molar-refractivity contribution in [3.63, 3.8) is 0 Å². The van der Waals surface area contributed by atoms with E-state index in [4.69, 9.17) is 5.73 Å². The van der Waals surface area contributed by atoms with Crippen LogP contribution < -0.4 is 11.1 Å². The van der Waals surface area contributed by atoms with Crippen molar-refractivity contribution in [2.24, 2.45) is 0 Å². The summed E-state index contributed by atoms with van der Waals surface area (Å²) in [6.45, 7) is 1.97. The number of hydrogen-bond donors (Lipinski definition) is 2. The number of alkyl halides is 3. The zero-order chi connectivity index (χ0) is 14.8. The third-order valence-electron chi connectivity index (χ3n) is 2.83. The fourth-order valence-corrected chi connectivity index (χ4v) is 1.87. The second-order valence-electron chi connectivity index (χ2n) is 4.30. The normalized spacial score (nSPS) is 11.4. The zero-order valence-electron chi connectivity index (χ0n) is 10.8. The Morgan fingerprint density at radius 2 is 1.90 bits per heavy atom. The van der Waals surface area contributed by atoms with E-state index in [0.29, 0.717) is 0 Å². The third-order valence-corrected chi connectivity index (χ3v) is 2.83. The van der Waals surface area contributed by atoms with Gasteiger partial charge in [-0.05, 0) is 30.2 Å². The summed E-state index contributed by atoms with van der Waals surface area (Å²) in [6.07, 6.45) is -3.69. The summed E-state index contributed by atoms with van der Waals surface area (Å²) >= 11 is 0. The molecule has 2 aromatic rings. The van der Waals surface area contributed by atoms with Gasteiger partial charge in [-0.1, -0.05) is 25.1 Å². The Balaban J connectivity index is 2.36. The number of halogens is 3. The minimum atomic E-state index is -4.45. The lowest BCUT2D eigenvalue weighted by atomic mass is 10.1. The van der Waals surface area contributed by atoms with Gasteiger partial charge in [0.15, 0.2) is 0 Å². The predicted molar refractivity (Wildman–Crippen MR) is 72.8 cm³/mol. The molecule has 0 aliphatic rings. The van der Waals surface area contributed by atoms with Gasteiger partial charge in [-0.25, -0.2) is 4.98 Å². The largest absolute Gasteiger partial charge is 0.416 e. The SMILES string of the molecule is CCc1ccccc1Nc1cc(C(F)(F)F)cc(N)n1. The Kier molecular flexibility index (Phi) is 3.83. The number of benzene rings is 1. The molecule has 0 amide bonds. The summed E-state index contributed by atoms with van der Waals surface area (Å²) < 4.78 is 38.2. The minimum Gasteiger partial charge on any atom is -0.384 e. The van der Waals surface area contributed by atoms with Gasteiger partial charge in [0.1, 0.15) is 11.6 Å². The maximum absolute atomic E-state index is 12.7. The molecule has 0 saturated heterocycles. The van der Waals surface area contributed by atoms with E-state index in [2.05, 4.69) is 10.3 Å². The quantitative estimate of drug-likeness (QED) is 0.894. The molecule has 1 heterocycles. The second-order valence-corrected chi connectivity index (χ2v) is 4.30. The first-order valence-electron chi connectivity index (χ1n) is 6.10. The summed E-state index contributed by atoms with van der Waals surface area (Å²) in [4.78, 5) is 3.88. The number of nitrogens with zero attached hydrogens (tertiary/aromatic N) is 1. The van der Waals surface area contributed by atoms with Crippen LogP contribution in [0.25, 0.3) is 0 Å². The van der Waals surface area contributed by atoms with Crippen molar-refractivity contribution in [2.75, 3.05) is 11.1 Å². The fraction of sp³-hybridized carbons (Fsp3) is 0.214. The number of nitrogen functional groups attached to an aromatic ring is 1. The molecule has 1 aromatic heterocycles. The van der Waals surface area contributed by atoms with Crippen molar-refractivity contribution in [1.82, 2.24) is 4.98 Å². The van der Waals surface area contributed by atoms with Crippen LogP contribution in [-0.2, 0) is 12.6 Å². The second kappa shape index (κ2) is 5.40. The van der Waals surface area contributed by atoms with E-state index in [9.17, 15) is 13.2 Å². The van der Waals surface area contributed by atoms with E-state index in [1.54, 1.807) is 12.1 Å². The van der Waals surface area contributed by atoms with Gasteiger partial charge in [0.2, 0.25) is 0 Å². The first-order chi connectivity index (χ1) is 9.40. The van der Waals surface area contributed by atoms with E-state index in [1.165, 1.54) is 0 Å². The van der Waals surface area contributed by atoms with Crippen LogP contribution in [0.2, 0.25) is 0 Å². The number of anilines is 3. The van der Waals surface area contributed by atoms with Crippen molar-refractivity contribution in [2.45, 2.75) is 19.5 Å². The van der Waals surface area contributed by atoms with Gasteiger partial charge in [0, 0.05) is 5.69 Å². The first-order valence-corrected chi connectivity index (χ1v) is 6.10. The summed E-state index contributed by atoms with van der Waals surface area (Å²) in [6, 6.07) is 9.13. The highest BCUT2D eigenvalue weighted by Crippen LogP contribution is 2.32. The molecule has 20 heavy (non-hydrogen) atoms. The van der Waals surface area contributed by atoms with Gasteiger partial charge in [-0.15, -0.1) is 0 Å². The van der Waals surface area contributed by atoms with Crippen molar-refractivity contribution in [3.8, 4) is 0 Å². The number of nitrogens with one attached hydrogen (secondary N) is 1. The number of para-hydroxylation sites is 1. The molecule has 106 valence electrons. The molecule has 3 nitrogen and oxygen atoms in total. The lowest BCUT2D eigenvalue weighted by Gasteiger charge is -2.13. The monoisotopic (exact) mass is 281 g/mol. The Morgan fingerprint density at radius 3 is 2.55 bits per heavy atom. The van der Waals surface area contributed by atoms with Gasteiger partial charge in [-0.2, -0.15) is 13.2 Å². The van der Waals surface area contributed by atoms with E-state index >= 15 is 0 Å². The smallest absolute Gasteiger partial charge is 0.384 e. The summed E-state index contributed by atoms with van der Waals surface area (Å²) in [7, 11) is 0. The lowest BCUT2D eigenvalue weighted by molar-refractivity contribution is -0.137. The van der Waals surface area contributed by atoms with Crippen molar-refractivity contribution < 1.29 is 13.2 Å². The van der Waals surface area contributed by atoms with Crippen molar-refractivity contribution in [1.29, 1.82) is 0 Å². The highest BCUT2D eigenvalue weighted by Gasteiger charge is 2.31. The van der Waals surface area contributed by atoms with E-state index < -0.39 is 11.7 Å². The first kappa shape index (κ1) is 14.2. The fourth-order valence-electron chi connectivity index (χ4n) is 1.87. The molecular weight excluding hydrogens is 267 g/mol. The standard InChI is InChI=1S/C14H14F3N3/c1-2-9-5-3-4-6-11(9)19-13-8-10(14(15,16)17)7-12(18)20-13/h3-8H,2H2,1H3,(H3,18,19,20). The molecule has 0 aliphatic heterocycles. The van der Waals surface area contributed by atoms with Crippen LogP contribution in [-0.4, -0.2) is 4.98 Å². The van der Waals surface area contributed by atoms with Crippen LogP contribution in [0.4, 0.5) is 30.5 Å². The number of nitrogens with two attached hydrogens (primary N) is 1. The van der Waals surface area contributed by atoms with Crippen LogP contribution in [0, 0.1) is 0 Å². The number of aryl methyl sites for hydroxylation is 1. The van der Waals surface area contributed by atoms with Crippen LogP contribution >= 0.6 is 0 Å². The van der Waals surface area contributed by atoms with Crippen LogP contribution in [0.1, 0.15) is 18.1 Å². The lowest BCUT2D eigenvalue weighted by Crippen LogP contribution is -2.08. The average Bonchev–Trinajstić information content (AvgIpc) is 2.37. The van der Waals surface area contributed by atoms with E-state index in [1.807, 2.05) is 19.1 Å². The van der Waals surface area contributed by atoms with Crippen LogP contribution in [0.3, 0.4) is 0 Å². The minimum absolute atomic E-state index is 0.0817. The van der Waals surface area contributed by atoms with Gasteiger partial charge in [0.25, 0.3) is 0 Å². The molecule has 0 saturated carbocycles. The van der Waals surface area contributed by atoms with Crippen molar-refractivity contribution >= 4 is 17.3 Å². The van der Waals surface area contributed by atoms with Gasteiger partial charge < -0.3 is 11.1 Å². The maximum atomic E-state index is 12.7. The van der Waals surface area contributed by atoms with E-state index in [0.717, 1.165) is 29.8 Å². The van der Waals surface area contributed by atoms with Gasteiger partial charge >= 0.3 is 6.18 Å². The molecule has 0 spiro atoms. The summed E-state index contributed by atoms with van der Waals surface area (Å²) in [5, 5.41) is 2.89. The average molecular weight is 281 g/mol. The molecule has 0 fully saturated rings. The number of hydrogen-bond acceptors (Lipinski definition) is 3. The Morgan fingerprint density at radius 1 is 1.20 bits per heavy atom. The summed E-state index contributed by atoms with van der Waals surface area (Å²) in [5.41, 5.74) is 6.33. The molecule has 0 bridgehead atoms. The molecular formula is C14H14F3N3.